The van der Waals surface area contributed by atoms with Crippen molar-refractivity contribution in [2.45, 2.75) is 18.3 Å². The van der Waals surface area contributed by atoms with Crippen molar-refractivity contribution in [1.82, 2.24) is 0 Å². The van der Waals surface area contributed by atoms with Gasteiger partial charge in [-0.15, -0.1) is 0 Å². The van der Waals surface area contributed by atoms with Gasteiger partial charge in [0.1, 0.15) is 0 Å². The molecule has 0 saturated carbocycles. The van der Waals surface area contributed by atoms with Crippen LogP contribution >= 0.6 is 0 Å². The Morgan fingerprint density at radius 3 is 1.81 bits per heavy atom. The molecular weight excluding hydrogens is 310 g/mol. The molecule has 10 heteroatoms. The standard InChI is InChI=1S/C11H6F6O4/c12-7(10(13,14)11(15,16)17)4-1-2-5(8(18)19)6(3-4)9(20)21/h1-3,7H,(H,18,19)(H,20,21). The Morgan fingerprint density at radius 1 is 0.952 bits per heavy atom. The summed E-state index contributed by atoms with van der Waals surface area (Å²) < 4.78 is 75.2. The second kappa shape index (κ2) is 5.26. The Hall–Kier alpha value is -2.26. The zero-order valence-electron chi connectivity index (χ0n) is 9.79. The summed E-state index contributed by atoms with van der Waals surface area (Å²) >= 11 is 0. The first-order valence-electron chi connectivity index (χ1n) is 5.08. The van der Waals surface area contributed by atoms with Crippen LogP contribution in [0.3, 0.4) is 0 Å². The monoisotopic (exact) mass is 316 g/mol. The largest absolute Gasteiger partial charge is 0.478 e. The van der Waals surface area contributed by atoms with E-state index in [0.717, 1.165) is 0 Å². The molecule has 4 nitrogen and oxygen atoms in total. The average molecular weight is 316 g/mol. The number of benzene rings is 1. The van der Waals surface area contributed by atoms with E-state index in [1.807, 2.05) is 0 Å². The van der Waals surface area contributed by atoms with E-state index < -0.39 is 46.9 Å². The van der Waals surface area contributed by atoms with Gasteiger partial charge < -0.3 is 10.2 Å². The van der Waals surface area contributed by atoms with Crippen LogP contribution in [0.4, 0.5) is 26.3 Å². The molecule has 1 rings (SSSR count). The van der Waals surface area contributed by atoms with Gasteiger partial charge in [-0.2, -0.15) is 22.0 Å². The van der Waals surface area contributed by atoms with Crippen molar-refractivity contribution >= 4 is 11.9 Å². The Labute approximate surface area is 112 Å². The van der Waals surface area contributed by atoms with Gasteiger partial charge in [0.05, 0.1) is 11.1 Å². The number of carboxylic acid groups (broad SMARTS) is 2. The highest BCUT2D eigenvalue weighted by Crippen LogP contribution is 2.46. The summed E-state index contributed by atoms with van der Waals surface area (Å²) in [7, 11) is 0. The van der Waals surface area contributed by atoms with E-state index >= 15 is 0 Å². The van der Waals surface area contributed by atoms with Gasteiger partial charge in [-0.05, 0) is 17.7 Å². The minimum atomic E-state index is -6.18. The van der Waals surface area contributed by atoms with Crippen LogP contribution in [0.2, 0.25) is 0 Å². The molecule has 116 valence electrons. The molecule has 1 aromatic carbocycles. The highest BCUT2D eigenvalue weighted by molar-refractivity contribution is 6.01. The third kappa shape index (κ3) is 3.09. The minimum Gasteiger partial charge on any atom is -0.478 e. The molecular formula is C11H6F6O4. The number of rotatable bonds is 4. The molecule has 0 aliphatic heterocycles. The number of carboxylic acids is 2. The summed E-state index contributed by atoms with van der Waals surface area (Å²) in [4.78, 5) is 21.4. The maximum absolute atomic E-state index is 13.4. The fourth-order valence-electron chi connectivity index (χ4n) is 1.44. The predicted molar refractivity (Wildman–Crippen MR) is 55.2 cm³/mol. The molecule has 21 heavy (non-hydrogen) atoms. The van der Waals surface area contributed by atoms with Crippen molar-refractivity contribution in [1.29, 1.82) is 0 Å². The van der Waals surface area contributed by atoms with Crippen LogP contribution in [0, 0.1) is 0 Å². The van der Waals surface area contributed by atoms with E-state index in [1.54, 1.807) is 0 Å². The Kier molecular flexibility index (Phi) is 4.21. The van der Waals surface area contributed by atoms with Crippen molar-refractivity contribution < 1.29 is 46.1 Å². The average Bonchev–Trinajstić information content (AvgIpc) is 2.35. The molecule has 1 aromatic rings. The molecule has 0 aliphatic rings. The van der Waals surface area contributed by atoms with Gasteiger partial charge in [-0.25, -0.2) is 14.0 Å². The van der Waals surface area contributed by atoms with Crippen LogP contribution in [0.1, 0.15) is 32.5 Å². The Bertz CT molecular complexity index is 581. The number of halogens is 6. The van der Waals surface area contributed by atoms with Gasteiger partial charge in [0, 0.05) is 0 Å². The first-order chi connectivity index (χ1) is 9.39. The quantitative estimate of drug-likeness (QED) is 0.836. The van der Waals surface area contributed by atoms with Crippen molar-refractivity contribution in [3.8, 4) is 0 Å². The SMILES string of the molecule is O=C(O)c1ccc(C(F)C(F)(F)C(F)(F)F)cc1C(=O)O. The first-order valence-corrected chi connectivity index (χ1v) is 5.08. The maximum atomic E-state index is 13.4. The molecule has 0 saturated heterocycles. The predicted octanol–water partition coefficient (Wildman–Crippen LogP) is 3.29. The summed E-state index contributed by atoms with van der Waals surface area (Å²) in [6.07, 6.45) is -10.0. The molecule has 0 amide bonds. The smallest absolute Gasteiger partial charge is 0.456 e. The molecule has 1 atom stereocenters. The van der Waals surface area contributed by atoms with E-state index in [2.05, 4.69) is 0 Å². The number of hydrogen-bond acceptors (Lipinski definition) is 2. The van der Waals surface area contributed by atoms with Crippen molar-refractivity contribution in [3.63, 3.8) is 0 Å². The molecule has 0 aliphatic carbocycles. The zero-order chi connectivity index (χ0) is 16.6. The van der Waals surface area contributed by atoms with E-state index in [-0.39, 0.29) is 6.07 Å². The molecule has 0 aromatic heterocycles. The Balaban J connectivity index is 3.37. The first kappa shape index (κ1) is 16.8. The lowest BCUT2D eigenvalue weighted by Crippen LogP contribution is -2.40. The van der Waals surface area contributed by atoms with Crippen molar-refractivity contribution in [3.05, 3.63) is 34.9 Å². The van der Waals surface area contributed by atoms with Crippen LogP contribution in [-0.2, 0) is 0 Å². The van der Waals surface area contributed by atoms with Gasteiger partial charge in [0.15, 0.2) is 6.17 Å². The number of hydrogen-bond donors (Lipinski definition) is 2. The van der Waals surface area contributed by atoms with Gasteiger partial charge >= 0.3 is 24.0 Å². The second-order valence-corrected chi connectivity index (χ2v) is 3.90. The third-order valence-electron chi connectivity index (χ3n) is 2.49. The van der Waals surface area contributed by atoms with E-state index in [0.29, 0.717) is 12.1 Å². The van der Waals surface area contributed by atoms with Gasteiger partial charge in [0.2, 0.25) is 0 Å². The molecule has 0 spiro atoms. The van der Waals surface area contributed by atoms with Crippen LogP contribution in [0.5, 0.6) is 0 Å². The molecule has 0 bridgehead atoms. The molecule has 2 N–H and O–H groups in total. The number of aromatic carboxylic acids is 2. The molecule has 1 unspecified atom stereocenters. The lowest BCUT2D eigenvalue weighted by molar-refractivity contribution is -0.305. The topological polar surface area (TPSA) is 74.6 Å². The maximum Gasteiger partial charge on any atom is 0.456 e. The third-order valence-corrected chi connectivity index (χ3v) is 2.49. The van der Waals surface area contributed by atoms with E-state index in [4.69, 9.17) is 10.2 Å². The molecule has 0 radical (unpaired) electrons. The number of carbonyl (C=O) groups is 2. The van der Waals surface area contributed by atoms with Gasteiger partial charge in [-0.3, -0.25) is 0 Å². The zero-order valence-corrected chi connectivity index (χ0v) is 9.79. The number of alkyl halides is 6. The second-order valence-electron chi connectivity index (χ2n) is 3.90. The van der Waals surface area contributed by atoms with Crippen LogP contribution in [0.15, 0.2) is 18.2 Å². The van der Waals surface area contributed by atoms with Crippen molar-refractivity contribution in [2.75, 3.05) is 0 Å². The van der Waals surface area contributed by atoms with Crippen LogP contribution in [-0.4, -0.2) is 34.3 Å². The fraction of sp³-hybridized carbons (Fsp3) is 0.273. The highest BCUT2D eigenvalue weighted by Gasteiger charge is 2.63. The lowest BCUT2D eigenvalue weighted by atomic mass is 9.98. The lowest BCUT2D eigenvalue weighted by Gasteiger charge is -2.23. The normalized spacial score (nSPS) is 13.8. The van der Waals surface area contributed by atoms with E-state index in [9.17, 15) is 35.9 Å². The summed E-state index contributed by atoms with van der Waals surface area (Å²) in [5.74, 6) is -9.40. The van der Waals surface area contributed by atoms with Crippen LogP contribution in [0.25, 0.3) is 0 Å². The summed E-state index contributed by atoms with van der Waals surface area (Å²) in [6, 6.07) is 0.941. The van der Waals surface area contributed by atoms with Crippen molar-refractivity contribution in [2.24, 2.45) is 0 Å². The Morgan fingerprint density at radius 2 is 1.43 bits per heavy atom. The highest BCUT2D eigenvalue weighted by atomic mass is 19.4. The van der Waals surface area contributed by atoms with Gasteiger partial charge in [0.25, 0.3) is 0 Å². The summed E-state index contributed by atoms with van der Waals surface area (Å²) in [5.41, 5.74) is -3.26. The summed E-state index contributed by atoms with van der Waals surface area (Å²) in [6.45, 7) is 0. The molecule has 0 heterocycles. The minimum absolute atomic E-state index is 0.135. The van der Waals surface area contributed by atoms with Gasteiger partial charge in [-0.1, -0.05) is 6.07 Å². The van der Waals surface area contributed by atoms with Crippen LogP contribution < -0.4 is 0 Å². The summed E-state index contributed by atoms with van der Waals surface area (Å²) in [5, 5.41) is 17.3. The van der Waals surface area contributed by atoms with E-state index in [1.165, 1.54) is 0 Å². The molecule has 0 fully saturated rings. The fourth-order valence-corrected chi connectivity index (χ4v) is 1.44.